The molecule has 0 atom stereocenters. The van der Waals surface area contributed by atoms with E-state index in [-0.39, 0.29) is 12.4 Å². The zero-order valence-electron chi connectivity index (χ0n) is 9.42. The number of rotatable bonds is 4. The Kier molecular flexibility index (Phi) is 3.22. The molecule has 18 heavy (non-hydrogen) atoms. The number of tetrazole rings is 1. The topological polar surface area (TPSA) is 52.8 Å². The molecule has 1 aromatic heterocycles. The van der Waals surface area contributed by atoms with E-state index in [1.165, 1.54) is 16.9 Å². The summed E-state index contributed by atoms with van der Waals surface area (Å²) in [6.45, 7) is -5.05. The van der Waals surface area contributed by atoms with Crippen LogP contribution >= 0.6 is 0 Å². The van der Waals surface area contributed by atoms with Crippen LogP contribution in [0, 0.1) is 0 Å². The molecule has 0 amide bonds. The largest absolute Gasteiger partial charge is 0.509 e. The van der Waals surface area contributed by atoms with Crippen molar-refractivity contribution in [3.05, 3.63) is 30.1 Å². The molecule has 0 radical (unpaired) electrons. The quantitative estimate of drug-likeness (QED) is 0.761. The highest BCUT2D eigenvalue weighted by atomic mass is 19.4. The van der Waals surface area contributed by atoms with Gasteiger partial charge >= 0.3 is 6.98 Å². The molecule has 0 bridgehead atoms. The van der Waals surface area contributed by atoms with Crippen LogP contribution in [0.1, 0.15) is 5.82 Å². The van der Waals surface area contributed by atoms with Crippen LogP contribution < -0.4 is 10.2 Å². The van der Waals surface area contributed by atoms with E-state index in [0.29, 0.717) is 5.82 Å². The summed E-state index contributed by atoms with van der Waals surface area (Å²) in [6, 6.07) is 4.70. The summed E-state index contributed by atoms with van der Waals surface area (Å²) in [6.07, 6.45) is 0. The van der Waals surface area contributed by atoms with Crippen molar-refractivity contribution in [3.63, 3.8) is 0 Å². The first-order chi connectivity index (χ1) is 8.45. The first-order valence-corrected chi connectivity index (χ1v) is 5.11. The minimum Gasteiger partial charge on any atom is -0.486 e. The third-order valence-corrected chi connectivity index (χ3v) is 2.15. The second-order valence-corrected chi connectivity index (χ2v) is 3.63. The fourth-order valence-corrected chi connectivity index (χ4v) is 1.34. The third-order valence-electron chi connectivity index (χ3n) is 2.15. The van der Waals surface area contributed by atoms with Gasteiger partial charge < -0.3 is 17.7 Å². The first kappa shape index (κ1) is 12.4. The summed E-state index contributed by atoms with van der Waals surface area (Å²) in [4.78, 5) is 1.24. The van der Waals surface area contributed by atoms with Gasteiger partial charge in [0.05, 0.1) is 7.05 Å². The maximum atomic E-state index is 12.5. The molecule has 1 aromatic carbocycles. The summed E-state index contributed by atoms with van der Waals surface area (Å²) in [5.41, 5.74) is -0.695. The highest BCUT2D eigenvalue weighted by molar-refractivity contribution is 6.73. The highest BCUT2D eigenvalue weighted by Crippen LogP contribution is 2.15. The molecule has 0 fully saturated rings. The molecule has 9 heteroatoms. The van der Waals surface area contributed by atoms with Gasteiger partial charge in [-0.05, 0) is 17.3 Å². The molecule has 2 rings (SSSR count). The molecular weight excluding hydrogens is 248 g/mol. The molecule has 0 saturated heterocycles. The Hall–Kier alpha value is -2.06. The number of halogens is 3. The van der Waals surface area contributed by atoms with Gasteiger partial charge in [0.1, 0.15) is 5.75 Å². The number of benzene rings is 1. The van der Waals surface area contributed by atoms with Crippen LogP contribution in [0.15, 0.2) is 24.3 Å². The lowest BCUT2D eigenvalue weighted by Gasteiger charge is -2.15. The van der Waals surface area contributed by atoms with Crippen molar-refractivity contribution >= 4 is 12.4 Å². The van der Waals surface area contributed by atoms with Gasteiger partial charge in [-0.25, -0.2) is 0 Å². The van der Waals surface area contributed by atoms with Gasteiger partial charge in [-0.3, -0.25) is 0 Å². The molecule has 0 saturated carbocycles. The van der Waals surface area contributed by atoms with Crippen molar-refractivity contribution in [2.45, 2.75) is 6.61 Å². The Morgan fingerprint density at radius 3 is 2.72 bits per heavy atom. The predicted molar refractivity (Wildman–Crippen MR) is 58.3 cm³/mol. The van der Waals surface area contributed by atoms with Crippen molar-refractivity contribution < 1.29 is 17.7 Å². The van der Waals surface area contributed by atoms with Crippen molar-refractivity contribution in [1.29, 1.82) is 0 Å². The third kappa shape index (κ3) is 2.99. The first-order valence-electron chi connectivity index (χ1n) is 5.11. The summed E-state index contributed by atoms with van der Waals surface area (Å²) in [5, 5.41) is 11.1. The fourth-order valence-electron chi connectivity index (χ4n) is 1.34. The van der Waals surface area contributed by atoms with Gasteiger partial charge in [-0.2, -0.15) is 4.80 Å². The van der Waals surface area contributed by atoms with E-state index in [4.69, 9.17) is 4.74 Å². The Labute approximate surface area is 101 Å². The summed E-state index contributed by atoms with van der Waals surface area (Å²) >= 11 is 0. The molecule has 96 valence electrons. The smallest absolute Gasteiger partial charge is 0.486 e. The van der Waals surface area contributed by atoms with Crippen LogP contribution in [0.2, 0.25) is 0 Å². The number of aryl methyl sites for hydroxylation is 1. The molecule has 0 aliphatic carbocycles. The van der Waals surface area contributed by atoms with E-state index in [0.717, 1.165) is 12.1 Å². The van der Waals surface area contributed by atoms with Crippen molar-refractivity contribution in [3.8, 4) is 5.75 Å². The van der Waals surface area contributed by atoms with Gasteiger partial charge in [-0.15, -0.1) is 15.7 Å². The maximum Gasteiger partial charge on any atom is 0.509 e. The van der Waals surface area contributed by atoms with E-state index >= 15 is 0 Å². The second-order valence-electron chi connectivity index (χ2n) is 3.63. The van der Waals surface area contributed by atoms with Gasteiger partial charge in [0, 0.05) is 0 Å². The van der Waals surface area contributed by atoms with Crippen molar-refractivity contribution in [2.24, 2.45) is 7.05 Å². The molecule has 0 unspecified atom stereocenters. The second kappa shape index (κ2) is 4.67. The van der Waals surface area contributed by atoms with Crippen LogP contribution in [0.4, 0.5) is 12.9 Å². The SMILES string of the molecule is Cn1nnc(COc2cccc([B-](F)(F)F)c2)n1. The lowest BCUT2D eigenvalue weighted by Crippen LogP contribution is -2.33. The van der Waals surface area contributed by atoms with Crippen LogP contribution in [0.25, 0.3) is 0 Å². The minimum atomic E-state index is -5.02. The Balaban J connectivity index is 2.06. The normalized spacial score (nSPS) is 11.6. The van der Waals surface area contributed by atoms with E-state index in [9.17, 15) is 12.9 Å². The van der Waals surface area contributed by atoms with Crippen LogP contribution in [0.3, 0.4) is 0 Å². The minimum absolute atomic E-state index is 0.0256. The number of hydrogen-bond donors (Lipinski definition) is 0. The van der Waals surface area contributed by atoms with Crippen molar-refractivity contribution in [2.75, 3.05) is 0 Å². The standard InChI is InChI=1S/C9H9BF3N4O/c1-17-15-9(14-16-17)6-18-8-4-2-3-7(5-8)10(11,12)13/h2-5H,6H2,1H3/q-1. The Bertz CT molecular complexity index is 543. The molecule has 0 N–H and O–H groups in total. The molecule has 0 aliphatic heterocycles. The van der Waals surface area contributed by atoms with Gasteiger partial charge in [0.2, 0.25) is 5.82 Å². The average molecular weight is 257 g/mol. The van der Waals surface area contributed by atoms with Crippen LogP contribution in [-0.4, -0.2) is 27.2 Å². The van der Waals surface area contributed by atoms with Gasteiger partial charge in [0.15, 0.2) is 6.61 Å². The Morgan fingerprint density at radius 1 is 1.33 bits per heavy atom. The monoisotopic (exact) mass is 257 g/mol. The summed E-state index contributed by atoms with van der Waals surface area (Å²) < 4.78 is 42.7. The highest BCUT2D eigenvalue weighted by Gasteiger charge is 2.25. The van der Waals surface area contributed by atoms with E-state index in [1.807, 2.05) is 0 Å². The lowest BCUT2D eigenvalue weighted by molar-refractivity contribution is 0.295. The van der Waals surface area contributed by atoms with E-state index in [1.54, 1.807) is 7.05 Å². The van der Waals surface area contributed by atoms with E-state index in [2.05, 4.69) is 15.4 Å². The predicted octanol–water partition coefficient (Wildman–Crippen LogP) is 0.843. The van der Waals surface area contributed by atoms with Crippen LogP contribution in [-0.2, 0) is 13.7 Å². The van der Waals surface area contributed by atoms with Gasteiger partial charge in [-0.1, -0.05) is 12.1 Å². The lowest BCUT2D eigenvalue weighted by atomic mass is 9.80. The molecule has 2 aromatic rings. The summed E-state index contributed by atoms with van der Waals surface area (Å²) in [7, 11) is 1.59. The molecule has 0 aliphatic rings. The Morgan fingerprint density at radius 2 is 2.11 bits per heavy atom. The number of aromatic nitrogens is 4. The molecule has 1 heterocycles. The van der Waals surface area contributed by atoms with E-state index < -0.39 is 12.4 Å². The molecular formula is C9H9BF3N4O-. The molecule has 0 spiro atoms. The summed E-state index contributed by atoms with van der Waals surface area (Å²) in [5.74, 6) is 0.430. The zero-order valence-corrected chi connectivity index (χ0v) is 9.42. The zero-order chi connectivity index (χ0) is 13.2. The van der Waals surface area contributed by atoms with Crippen molar-refractivity contribution in [1.82, 2.24) is 20.2 Å². The fraction of sp³-hybridized carbons (Fsp3) is 0.222. The molecule has 5 nitrogen and oxygen atoms in total. The van der Waals surface area contributed by atoms with Crippen LogP contribution in [0.5, 0.6) is 5.75 Å². The average Bonchev–Trinajstić information content (AvgIpc) is 2.72. The number of ether oxygens (including phenoxy) is 1. The number of hydrogen-bond acceptors (Lipinski definition) is 4. The van der Waals surface area contributed by atoms with Gasteiger partial charge in [0.25, 0.3) is 0 Å². The maximum absolute atomic E-state index is 12.5. The number of nitrogens with zero attached hydrogens (tertiary/aromatic N) is 4.